The van der Waals surface area contributed by atoms with E-state index in [0.29, 0.717) is 6.54 Å². The van der Waals surface area contributed by atoms with Crippen LogP contribution in [0, 0.1) is 0 Å². The molecule has 1 rings (SSSR count). The number of carbonyl (C=O) groups excluding carboxylic acids is 1. The fraction of sp³-hybridized carbons (Fsp3) is 0.333. The van der Waals surface area contributed by atoms with Gasteiger partial charge in [-0.15, -0.1) is 0 Å². The summed E-state index contributed by atoms with van der Waals surface area (Å²) in [5.41, 5.74) is 2.46. The lowest BCUT2D eigenvalue weighted by molar-refractivity contribution is -0.119. The smallest absolute Gasteiger partial charge is 0.244 e. The van der Waals surface area contributed by atoms with E-state index in [1.165, 1.54) is 12.3 Å². The van der Waals surface area contributed by atoms with Gasteiger partial charge >= 0.3 is 0 Å². The number of hydrogen-bond acceptors (Lipinski definition) is 6. The molecule has 0 atom stereocenters. The van der Waals surface area contributed by atoms with Crippen LogP contribution < -0.4 is 21.3 Å². The normalized spacial score (nSPS) is 11.0. The van der Waals surface area contributed by atoms with Crippen molar-refractivity contribution in [3.05, 3.63) is 18.5 Å². The molecule has 0 fully saturated rings. The summed E-state index contributed by atoms with van der Waals surface area (Å²) in [6, 6.07) is 1.42. The van der Waals surface area contributed by atoms with Crippen LogP contribution in [0.25, 0.3) is 0 Å². The third kappa shape index (κ3) is 3.65. The second kappa shape index (κ2) is 6.28. The number of hydrogen-bond donors (Lipinski definition) is 4. The summed E-state index contributed by atoms with van der Waals surface area (Å²) in [6.45, 7) is 1.84. The van der Waals surface area contributed by atoms with Gasteiger partial charge in [0.25, 0.3) is 0 Å². The summed E-state index contributed by atoms with van der Waals surface area (Å²) in [5.74, 6) is 4.79. The molecule has 0 bridgehead atoms. The fourth-order valence-corrected chi connectivity index (χ4v) is 2.30. The maximum absolute atomic E-state index is 11.9. The van der Waals surface area contributed by atoms with Crippen LogP contribution in [0.2, 0.25) is 0 Å². The number of likely N-dealkylation sites (N-methyl/N-ethyl adjacent to an activating group) is 1. The average molecular weight is 273 g/mol. The highest BCUT2D eigenvalue weighted by atomic mass is 32.2. The molecule has 0 aliphatic carbocycles. The Kier molecular flexibility index (Phi) is 5.01. The number of amides is 1. The minimum atomic E-state index is -3.83. The van der Waals surface area contributed by atoms with Gasteiger partial charge in [-0.2, -0.15) is 0 Å². The quantitative estimate of drug-likeness (QED) is 0.380. The van der Waals surface area contributed by atoms with Gasteiger partial charge in [0.05, 0.1) is 12.2 Å². The number of nitrogens with two attached hydrogens (primary N) is 1. The van der Waals surface area contributed by atoms with E-state index in [2.05, 4.69) is 20.4 Å². The second-order valence-corrected chi connectivity index (χ2v) is 5.03. The molecule has 0 saturated heterocycles. The molecule has 100 valence electrons. The van der Waals surface area contributed by atoms with E-state index in [1.807, 2.05) is 0 Å². The van der Waals surface area contributed by atoms with Gasteiger partial charge in [-0.3, -0.25) is 15.6 Å². The number of anilines is 1. The molecular formula is C9H15N5O3S. The molecule has 0 saturated carbocycles. The van der Waals surface area contributed by atoms with Crippen molar-refractivity contribution in [3.63, 3.8) is 0 Å². The molecule has 9 heteroatoms. The van der Waals surface area contributed by atoms with Gasteiger partial charge in [0, 0.05) is 18.9 Å². The van der Waals surface area contributed by atoms with Crippen molar-refractivity contribution in [2.45, 2.75) is 11.8 Å². The first-order chi connectivity index (χ1) is 8.51. The molecule has 0 aromatic carbocycles. The highest BCUT2D eigenvalue weighted by molar-refractivity contribution is 7.89. The number of hydrazine groups is 1. The molecule has 18 heavy (non-hydrogen) atoms. The van der Waals surface area contributed by atoms with Crippen LogP contribution in [0.3, 0.4) is 0 Å². The molecule has 5 N–H and O–H groups in total. The summed E-state index contributed by atoms with van der Waals surface area (Å²) >= 11 is 0. The van der Waals surface area contributed by atoms with Crippen molar-refractivity contribution in [1.82, 2.24) is 15.0 Å². The molecule has 0 aliphatic heterocycles. The SMILES string of the molecule is CCNC(=O)CNS(=O)(=O)c1cnccc1NN. The van der Waals surface area contributed by atoms with Crippen LogP contribution in [0.1, 0.15) is 6.92 Å². The largest absolute Gasteiger partial charge is 0.355 e. The van der Waals surface area contributed by atoms with E-state index in [1.54, 1.807) is 6.92 Å². The zero-order valence-electron chi connectivity index (χ0n) is 9.80. The Hall–Kier alpha value is -1.71. The lowest BCUT2D eigenvalue weighted by atomic mass is 10.4. The third-order valence-electron chi connectivity index (χ3n) is 2.03. The van der Waals surface area contributed by atoms with Gasteiger partial charge in [0.1, 0.15) is 4.90 Å². The number of pyridine rings is 1. The molecule has 1 amide bonds. The Morgan fingerprint density at radius 2 is 2.22 bits per heavy atom. The van der Waals surface area contributed by atoms with Crippen molar-refractivity contribution in [1.29, 1.82) is 0 Å². The number of rotatable bonds is 6. The van der Waals surface area contributed by atoms with Gasteiger partial charge in [-0.1, -0.05) is 0 Å². The van der Waals surface area contributed by atoms with E-state index in [4.69, 9.17) is 5.84 Å². The second-order valence-electron chi connectivity index (χ2n) is 3.29. The Bertz CT molecular complexity index is 517. The number of nitrogens with one attached hydrogen (secondary N) is 3. The number of carbonyl (C=O) groups is 1. The highest BCUT2D eigenvalue weighted by Gasteiger charge is 2.19. The fourth-order valence-electron chi connectivity index (χ4n) is 1.21. The summed E-state index contributed by atoms with van der Waals surface area (Å²) < 4.78 is 25.9. The first-order valence-electron chi connectivity index (χ1n) is 5.18. The molecule has 1 heterocycles. The topological polar surface area (TPSA) is 126 Å². The summed E-state index contributed by atoms with van der Waals surface area (Å²) in [6.07, 6.45) is 2.55. The minimum Gasteiger partial charge on any atom is -0.355 e. The van der Waals surface area contributed by atoms with Crippen molar-refractivity contribution in [2.75, 3.05) is 18.5 Å². The highest BCUT2D eigenvalue weighted by Crippen LogP contribution is 2.17. The Balaban J connectivity index is 2.83. The van der Waals surface area contributed by atoms with E-state index < -0.39 is 15.9 Å². The number of nitrogen functional groups attached to an aromatic ring is 1. The maximum Gasteiger partial charge on any atom is 0.244 e. The molecule has 8 nitrogen and oxygen atoms in total. The molecule has 0 aliphatic rings. The van der Waals surface area contributed by atoms with Crippen molar-refractivity contribution < 1.29 is 13.2 Å². The van der Waals surface area contributed by atoms with Crippen LogP contribution in [0.4, 0.5) is 5.69 Å². The summed E-state index contributed by atoms with van der Waals surface area (Å²) in [7, 11) is -3.83. The van der Waals surface area contributed by atoms with Crippen molar-refractivity contribution in [3.8, 4) is 0 Å². The Labute approximate surface area is 105 Å². The first kappa shape index (κ1) is 14.4. The zero-order valence-corrected chi connectivity index (χ0v) is 10.6. The van der Waals surface area contributed by atoms with E-state index in [-0.39, 0.29) is 17.1 Å². The molecule has 1 aromatic heterocycles. The predicted molar refractivity (Wildman–Crippen MR) is 65.9 cm³/mol. The Morgan fingerprint density at radius 1 is 1.50 bits per heavy atom. The van der Waals surface area contributed by atoms with Crippen LogP contribution in [0.15, 0.2) is 23.4 Å². The molecule has 0 spiro atoms. The van der Waals surface area contributed by atoms with Crippen LogP contribution in [-0.4, -0.2) is 32.4 Å². The van der Waals surface area contributed by atoms with E-state index in [0.717, 1.165) is 6.20 Å². The summed E-state index contributed by atoms with van der Waals surface area (Å²) in [4.78, 5) is 14.8. The number of nitrogens with zero attached hydrogens (tertiary/aromatic N) is 1. The first-order valence-corrected chi connectivity index (χ1v) is 6.66. The van der Waals surface area contributed by atoms with Crippen LogP contribution in [-0.2, 0) is 14.8 Å². The van der Waals surface area contributed by atoms with Crippen molar-refractivity contribution >= 4 is 21.6 Å². The van der Waals surface area contributed by atoms with Crippen molar-refractivity contribution in [2.24, 2.45) is 5.84 Å². The van der Waals surface area contributed by atoms with E-state index in [9.17, 15) is 13.2 Å². The number of aromatic nitrogens is 1. The van der Waals surface area contributed by atoms with Crippen LogP contribution >= 0.6 is 0 Å². The van der Waals surface area contributed by atoms with Gasteiger partial charge in [0.2, 0.25) is 15.9 Å². The lowest BCUT2D eigenvalue weighted by Crippen LogP contribution is -2.37. The standard InChI is InChI=1S/C9H15N5O3S/c1-2-12-9(15)6-13-18(16,17)8-5-11-4-3-7(8)14-10/h3-5,13H,2,6,10H2,1H3,(H,11,14)(H,12,15). The predicted octanol–water partition coefficient (Wildman–Crippen LogP) is -1.22. The van der Waals surface area contributed by atoms with Gasteiger partial charge < -0.3 is 10.7 Å². The monoisotopic (exact) mass is 273 g/mol. The summed E-state index contributed by atoms with van der Waals surface area (Å²) in [5, 5.41) is 2.48. The van der Waals surface area contributed by atoms with Gasteiger partial charge in [-0.05, 0) is 13.0 Å². The molecular weight excluding hydrogens is 258 g/mol. The molecule has 0 radical (unpaired) electrons. The third-order valence-corrected chi connectivity index (χ3v) is 3.45. The van der Waals surface area contributed by atoms with Gasteiger partial charge in [-0.25, -0.2) is 13.1 Å². The molecule has 0 unspecified atom stereocenters. The molecule has 1 aromatic rings. The Morgan fingerprint density at radius 3 is 2.83 bits per heavy atom. The number of sulfonamides is 1. The van der Waals surface area contributed by atoms with Crippen LogP contribution in [0.5, 0.6) is 0 Å². The van der Waals surface area contributed by atoms with Gasteiger partial charge in [0.15, 0.2) is 0 Å². The maximum atomic E-state index is 11.9. The lowest BCUT2D eigenvalue weighted by Gasteiger charge is -2.10. The zero-order chi connectivity index (χ0) is 13.6. The van der Waals surface area contributed by atoms with E-state index >= 15 is 0 Å². The average Bonchev–Trinajstić information content (AvgIpc) is 2.37. The minimum absolute atomic E-state index is 0.114.